The van der Waals surface area contributed by atoms with Crippen molar-refractivity contribution < 1.29 is 14.4 Å². The summed E-state index contributed by atoms with van der Waals surface area (Å²) in [6.45, 7) is 3.76. The Morgan fingerprint density at radius 1 is 1.41 bits per heavy atom. The summed E-state index contributed by atoms with van der Waals surface area (Å²) in [5, 5.41) is 2.87. The summed E-state index contributed by atoms with van der Waals surface area (Å²) in [5.41, 5.74) is -0.791. The summed E-state index contributed by atoms with van der Waals surface area (Å²) in [4.78, 5) is 40.0. The quantitative estimate of drug-likeness (QED) is 0.688. The van der Waals surface area contributed by atoms with Crippen molar-refractivity contribution >= 4 is 29.1 Å². The summed E-state index contributed by atoms with van der Waals surface area (Å²) in [7, 11) is 0. The highest BCUT2D eigenvalue weighted by Crippen LogP contribution is 2.38. The van der Waals surface area contributed by atoms with Crippen LogP contribution >= 0.6 is 11.3 Å². The highest BCUT2D eigenvalue weighted by atomic mass is 32.1. The van der Waals surface area contributed by atoms with Crippen LogP contribution in [0.15, 0.2) is 12.1 Å². The maximum absolute atomic E-state index is 12.8. The van der Waals surface area contributed by atoms with Gasteiger partial charge in [0.25, 0.3) is 5.91 Å². The molecule has 2 aliphatic rings. The molecular formula is C16H20N2O3S. The molecule has 2 atom stereocenters. The van der Waals surface area contributed by atoms with E-state index in [1.165, 1.54) is 11.3 Å². The molecule has 1 spiro atoms. The summed E-state index contributed by atoms with van der Waals surface area (Å²) in [6.07, 6.45) is 3.61. The molecule has 22 heavy (non-hydrogen) atoms. The van der Waals surface area contributed by atoms with Gasteiger partial charge in [0.2, 0.25) is 0 Å². The van der Waals surface area contributed by atoms with Crippen LogP contribution in [-0.4, -0.2) is 34.7 Å². The van der Waals surface area contributed by atoms with E-state index in [2.05, 4.69) is 5.32 Å². The van der Waals surface area contributed by atoms with Gasteiger partial charge in [-0.3, -0.25) is 14.5 Å². The molecular weight excluding hydrogens is 300 g/mol. The number of carbonyl (C=O) groups excluding carboxylic acids is 3. The molecule has 2 fully saturated rings. The molecule has 5 nitrogen and oxygen atoms in total. The van der Waals surface area contributed by atoms with Crippen molar-refractivity contribution in [3.05, 3.63) is 21.9 Å². The van der Waals surface area contributed by atoms with Gasteiger partial charge in [-0.1, -0.05) is 19.8 Å². The average molecular weight is 320 g/mol. The fourth-order valence-corrected chi connectivity index (χ4v) is 4.24. The summed E-state index contributed by atoms with van der Waals surface area (Å²) in [5.74, 6) is -0.296. The molecule has 0 aromatic carbocycles. The van der Waals surface area contributed by atoms with Crippen LogP contribution in [0.4, 0.5) is 4.79 Å². The molecule has 6 heteroatoms. The predicted octanol–water partition coefficient (Wildman–Crippen LogP) is 2.74. The highest BCUT2D eigenvalue weighted by molar-refractivity contribution is 7.14. The van der Waals surface area contributed by atoms with Crippen LogP contribution in [0.3, 0.4) is 0 Å². The third-order valence-electron chi connectivity index (χ3n) is 4.82. The Hall–Kier alpha value is -1.69. The Morgan fingerprint density at radius 3 is 2.82 bits per heavy atom. The number of nitrogens with one attached hydrogen (secondary N) is 1. The van der Waals surface area contributed by atoms with E-state index in [0.717, 1.165) is 29.0 Å². The van der Waals surface area contributed by atoms with E-state index in [0.29, 0.717) is 11.3 Å². The molecule has 3 amide bonds. The van der Waals surface area contributed by atoms with E-state index in [4.69, 9.17) is 0 Å². The van der Waals surface area contributed by atoms with Gasteiger partial charge in [-0.05, 0) is 37.8 Å². The number of aryl methyl sites for hydroxylation is 1. The van der Waals surface area contributed by atoms with E-state index < -0.39 is 11.6 Å². The minimum absolute atomic E-state index is 0.113. The molecule has 0 bridgehead atoms. The van der Waals surface area contributed by atoms with Crippen molar-refractivity contribution in [2.75, 3.05) is 6.54 Å². The number of carbonyl (C=O) groups is 3. The molecule has 1 saturated heterocycles. The van der Waals surface area contributed by atoms with Crippen molar-refractivity contribution in [1.29, 1.82) is 0 Å². The summed E-state index contributed by atoms with van der Waals surface area (Å²) < 4.78 is 0. The molecule has 3 rings (SSSR count). The number of urea groups is 1. The Bertz CT molecular complexity index is 639. The molecule has 1 aliphatic heterocycles. The van der Waals surface area contributed by atoms with E-state index in [9.17, 15) is 14.4 Å². The minimum Gasteiger partial charge on any atom is -0.323 e. The number of imide groups is 1. The second-order valence-electron chi connectivity index (χ2n) is 6.27. The van der Waals surface area contributed by atoms with E-state index in [1.54, 1.807) is 6.07 Å². The molecule has 1 N–H and O–H groups in total. The lowest BCUT2D eigenvalue weighted by atomic mass is 9.73. The number of amides is 3. The first-order valence-electron chi connectivity index (χ1n) is 7.68. The monoisotopic (exact) mass is 320 g/mol. The zero-order valence-electron chi connectivity index (χ0n) is 12.8. The fraction of sp³-hybridized carbons (Fsp3) is 0.562. The maximum atomic E-state index is 12.8. The van der Waals surface area contributed by atoms with Crippen molar-refractivity contribution in [2.45, 2.75) is 45.1 Å². The Labute approximate surface area is 133 Å². The minimum atomic E-state index is -0.791. The molecule has 1 aromatic heterocycles. The Kier molecular flexibility index (Phi) is 3.80. The van der Waals surface area contributed by atoms with Crippen LogP contribution in [0.25, 0.3) is 0 Å². The number of ketones is 1. The molecule has 0 radical (unpaired) electrons. The number of thiophene rings is 1. The van der Waals surface area contributed by atoms with Gasteiger partial charge < -0.3 is 5.32 Å². The first-order chi connectivity index (χ1) is 10.4. The number of Topliss-reactive ketones (excluding diaryl/α,β-unsaturated/α-hetero) is 1. The molecule has 1 saturated carbocycles. The fourth-order valence-electron chi connectivity index (χ4n) is 3.44. The van der Waals surface area contributed by atoms with Gasteiger partial charge >= 0.3 is 6.03 Å². The number of rotatable bonds is 3. The van der Waals surface area contributed by atoms with Gasteiger partial charge in [0.15, 0.2) is 5.78 Å². The largest absolute Gasteiger partial charge is 0.325 e. The van der Waals surface area contributed by atoms with Crippen LogP contribution < -0.4 is 5.32 Å². The number of hydrogen-bond donors (Lipinski definition) is 1. The second-order valence-corrected chi connectivity index (χ2v) is 7.56. The molecule has 1 aromatic rings. The van der Waals surface area contributed by atoms with E-state index in [1.807, 2.05) is 19.9 Å². The van der Waals surface area contributed by atoms with E-state index in [-0.39, 0.29) is 24.2 Å². The first kappa shape index (κ1) is 15.2. The number of nitrogens with zero attached hydrogens (tertiary/aromatic N) is 1. The standard InChI is InChI=1S/C16H20N2O3S/c1-10-5-3-4-8-16(10)14(20)18(15(21)17-16)9-12(19)13-7-6-11(2)22-13/h6-7,10H,3-5,8-9H2,1-2H3,(H,17,21). The topological polar surface area (TPSA) is 66.5 Å². The van der Waals surface area contributed by atoms with Gasteiger partial charge in [0.05, 0.1) is 11.4 Å². The molecule has 118 valence electrons. The summed E-state index contributed by atoms with van der Waals surface area (Å²) >= 11 is 1.39. The molecule has 2 unspecified atom stereocenters. The smallest absolute Gasteiger partial charge is 0.323 e. The second kappa shape index (κ2) is 5.50. The van der Waals surface area contributed by atoms with Gasteiger partial charge in [0, 0.05) is 4.88 Å². The number of hydrogen-bond acceptors (Lipinski definition) is 4. The van der Waals surface area contributed by atoms with Gasteiger partial charge in [-0.15, -0.1) is 11.3 Å². The van der Waals surface area contributed by atoms with Crippen LogP contribution in [0, 0.1) is 12.8 Å². The Morgan fingerprint density at radius 2 is 2.18 bits per heavy atom. The lowest BCUT2D eigenvalue weighted by molar-refractivity contribution is -0.133. The first-order valence-corrected chi connectivity index (χ1v) is 8.49. The van der Waals surface area contributed by atoms with Crippen molar-refractivity contribution in [3.63, 3.8) is 0 Å². The zero-order valence-corrected chi connectivity index (χ0v) is 13.7. The van der Waals surface area contributed by atoms with Crippen LogP contribution in [0.1, 0.15) is 47.2 Å². The zero-order chi connectivity index (χ0) is 15.9. The lowest BCUT2D eigenvalue weighted by Crippen LogP contribution is -2.54. The van der Waals surface area contributed by atoms with Crippen LogP contribution in [0.2, 0.25) is 0 Å². The molecule has 1 aliphatic carbocycles. The van der Waals surface area contributed by atoms with Crippen LogP contribution in [0.5, 0.6) is 0 Å². The molecule has 2 heterocycles. The van der Waals surface area contributed by atoms with Gasteiger partial charge in [-0.25, -0.2) is 4.79 Å². The van der Waals surface area contributed by atoms with Gasteiger partial charge in [-0.2, -0.15) is 0 Å². The van der Waals surface area contributed by atoms with Gasteiger partial charge in [0.1, 0.15) is 5.54 Å². The normalized spacial score (nSPS) is 28.3. The van der Waals surface area contributed by atoms with Crippen LogP contribution in [-0.2, 0) is 4.79 Å². The third-order valence-corrected chi connectivity index (χ3v) is 5.86. The predicted molar refractivity (Wildman–Crippen MR) is 84.0 cm³/mol. The Balaban J connectivity index is 1.79. The van der Waals surface area contributed by atoms with Crippen molar-refractivity contribution in [2.24, 2.45) is 5.92 Å². The summed E-state index contributed by atoms with van der Waals surface area (Å²) in [6, 6.07) is 3.19. The average Bonchev–Trinajstić information content (AvgIpc) is 3.01. The lowest BCUT2D eigenvalue weighted by Gasteiger charge is -2.36. The highest BCUT2D eigenvalue weighted by Gasteiger charge is 2.55. The van der Waals surface area contributed by atoms with E-state index >= 15 is 0 Å². The SMILES string of the molecule is Cc1ccc(C(=O)CN2C(=O)NC3(CCCCC3C)C2=O)s1. The van der Waals surface area contributed by atoms with Crippen molar-refractivity contribution in [1.82, 2.24) is 10.2 Å². The van der Waals surface area contributed by atoms with Crippen molar-refractivity contribution in [3.8, 4) is 0 Å². The third kappa shape index (κ3) is 2.35. The maximum Gasteiger partial charge on any atom is 0.325 e.